The molecular weight excluding hydrogens is 358 g/mol. The number of nitrogens with one attached hydrogen (secondary N) is 1. The van der Waals surface area contributed by atoms with Crippen LogP contribution in [0.4, 0.5) is 0 Å². The summed E-state index contributed by atoms with van der Waals surface area (Å²) in [6, 6.07) is 14.7. The fourth-order valence-corrected chi connectivity index (χ4v) is 2.97. The Kier molecular flexibility index (Phi) is 8.12. The van der Waals surface area contributed by atoms with Crippen molar-refractivity contribution in [1.29, 1.82) is 0 Å². The first-order valence-corrected chi connectivity index (χ1v) is 9.77. The minimum Gasteiger partial charge on any atom is -0.489 e. The van der Waals surface area contributed by atoms with Gasteiger partial charge in [0, 0.05) is 11.6 Å². The Morgan fingerprint density at radius 2 is 2.00 bits per heavy atom. The van der Waals surface area contributed by atoms with Crippen LogP contribution in [0, 0.1) is 0 Å². The van der Waals surface area contributed by atoms with Crippen molar-refractivity contribution in [2.45, 2.75) is 25.6 Å². The van der Waals surface area contributed by atoms with Crippen LogP contribution in [0.25, 0.3) is 0 Å². The Balaban J connectivity index is 1.83. The number of aliphatic carboxylic acids is 1. The summed E-state index contributed by atoms with van der Waals surface area (Å²) < 4.78 is 5.74. The number of carbonyl (C=O) groups is 1. The van der Waals surface area contributed by atoms with E-state index in [1.165, 1.54) is 0 Å². The number of carboxylic acid groups (broad SMARTS) is 1. The molecule has 0 saturated heterocycles. The van der Waals surface area contributed by atoms with Gasteiger partial charge in [0.2, 0.25) is 0 Å². The van der Waals surface area contributed by atoms with E-state index in [4.69, 9.17) is 16.3 Å². The summed E-state index contributed by atoms with van der Waals surface area (Å²) in [7, 11) is 0. The maximum atomic E-state index is 11.2. The number of carboxylic acids is 1. The molecule has 0 aromatic heterocycles. The number of thioether (sulfide) groups is 1. The molecule has 0 fully saturated rings. The molecule has 0 saturated carbocycles. The molecule has 2 N–H and O–H groups in total. The number of hydrogen-bond donors (Lipinski definition) is 2. The first-order valence-electron chi connectivity index (χ1n) is 8.00. The van der Waals surface area contributed by atoms with Crippen molar-refractivity contribution in [3.8, 4) is 5.75 Å². The molecule has 1 atom stereocenters. The molecule has 2 aromatic carbocycles. The molecule has 0 aliphatic heterocycles. The van der Waals surface area contributed by atoms with Crippen molar-refractivity contribution in [3.05, 3.63) is 64.7 Å². The normalized spacial score (nSPS) is 11.9. The molecule has 2 rings (SSSR count). The number of hydrogen-bond acceptors (Lipinski definition) is 4. The summed E-state index contributed by atoms with van der Waals surface area (Å²) >= 11 is 7.60. The Morgan fingerprint density at radius 3 is 2.64 bits per heavy atom. The summed E-state index contributed by atoms with van der Waals surface area (Å²) in [5.41, 5.74) is 2.03. The third-order valence-electron chi connectivity index (χ3n) is 3.68. The molecule has 0 aliphatic rings. The third kappa shape index (κ3) is 6.98. The third-order valence-corrected chi connectivity index (χ3v) is 4.56. The van der Waals surface area contributed by atoms with Crippen molar-refractivity contribution < 1.29 is 14.6 Å². The summed E-state index contributed by atoms with van der Waals surface area (Å²) in [6.07, 6.45) is 2.58. The standard InChI is InChI=1S/C19H22ClNO3S/c1-25-10-9-18(19(22)23)21-12-14-5-7-17(8-6-14)24-13-15-3-2-4-16(20)11-15/h2-8,11,18,21H,9-10,12-13H2,1H3,(H,22,23). The summed E-state index contributed by atoms with van der Waals surface area (Å²) in [5.74, 6) is 0.775. The molecule has 6 heteroatoms. The van der Waals surface area contributed by atoms with Crippen LogP contribution in [0.3, 0.4) is 0 Å². The minimum atomic E-state index is -0.810. The van der Waals surface area contributed by atoms with Crippen LogP contribution in [0.2, 0.25) is 5.02 Å². The first-order chi connectivity index (χ1) is 12.1. The molecule has 4 nitrogen and oxygen atoms in total. The van der Waals surface area contributed by atoms with Crippen LogP contribution in [-0.2, 0) is 17.9 Å². The van der Waals surface area contributed by atoms with E-state index in [0.29, 0.717) is 24.6 Å². The maximum Gasteiger partial charge on any atom is 0.320 e. The summed E-state index contributed by atoms with van der Waals surface area (Å²) in [4.78, 5) is 11.2. The molecule has 0 radical (unpaired) electrons. The first kappa shape index (κ1) is 19.6. The maximum absolute atomic E-state index is 11.2. The van der Waals surface area contributed by atoms with Crippen molar-refractivity contribution in [1.82, 2.24) is 5.32 Å². The van der Waals surface area contributed by atoms with E-state index in [2.05, 4.69) is 5.32 Å². The smallest absolute Gasteiger partial charge is 0.320 e. The lowest BCUT2D eigenvalue weighted by molar-refractivity contribution is -0.139. The molecule has 134 valence electrons. The zero-order chi connectivity index (χ0) is 18.1. The van der Waals surface area contributed by atoms with Gasteiger partial charge < -0.3 is 15.2 Å². The number of ether oxygens (including phenoxy) is 1. The SMILES string of the molecule is CSCCC(NCc1ccc(OCc2cccc(Cl)c2)cc1)C(=O)O. The Morgan fingerprint density at radius 1 is 1.24 bits per heavy atom. The van der Waals surface area contributed by atoms with Gasteiger partial charge in [0.1, 0.15) is 18.4 Å². The van der Waals surface area contributed by atoms with Gasteiger partial charge in [-0.1, -0.05) is 35.9 Å². The lowest BCUT2D eigenvalue weighted by atomic mass is 10.1. The number of rotatable bonds is 10. The fraction of sp³-hybridized carbons (Fsp3) is 0.316. The second kappa shape index (κ2) is 10.3. The van der Waals surface area contributed by atoms with E-state index >= 15 is 0 Å². The second-order valence-electron chi connectivity index (χ2n) is 5.62. The highest BCUT2D eigenvalue weighted by atomic mass is 35.5. The van der Waals surface area contributed by atoms with Crippen molar-refractivity contribution in [2.24, 2.45) is 0 Å². The quantitative estimate of drug-likeness (QED) is 0.647. The molecular formula is C19H22ClNO3S. The van der Waals surface area contributed by atoms with Gasteiger partial charge in [0.25, 0.3) is 0 Å². The van der Waals surface area contributed by atoms with Gasteiger partial charge in [-0.2, -0.15) is 11.8 Å². The Hall–Kier alpha value is -1.69. The number of halogens is 1. The predicted molar refractivity (Wildman–Crippen MR) is 103 cm³/mol. The fourth-order valence-electron chi connectivity index (χ4n) is 2.29. The van der Waals surface area contributed by atoms with Crippen LogP contribution < -0.4 is 10.1 Å². The van der Waals surface area contributed by atoms with Gasteiger partial charge in [0.15, 0.2) is 0 Å². The van der Waals surface area contributed by atoms with E-state index in [0.717, 1.165) is 22.6 Å². The zero-order valence-electron chi connectivity index (χ0n) is 14.1. The van der Waals surface area contributed by atoms with Crippen molar-refractivity contribution in [2.75, 3.05) is 12.0 Å². The molecule has 25 heavy (non-hydrogen) atoms. The molecule has 0 heterocycles. The predicted octanol–water partition coefficient (Wildman–Crippen LogP) is 4.21. The van der Waals surface area contributed by atoms with Gasteiger partial charge in [-0.15, -0.1) is 0 Å². The van der Waals surface area contributed by atoms with Crippen LogP contribution >= 0.6 is 23.4 Å². The molecule has 0 aliphatic carbocycles. The lowest BCUT2D eigenvalue weighted by Crippen LogP contribution is -2.36. The Labute approximate surface area is 157 Å². The van der Waals surface area contributed by atoms with Gasteiger partial charge in [-0.05, 0) is 53.8 Å². The largest absolute Gasteiger partial charge is 0.489 e. The van der Waals surface area contributed by atoms with E-state index in [1.54, 1.807) is 11.8 Å². The molecule has 2 aromatic rings. The topological polar surface area (TPSA) is 58.6 Å². The van der Waals surface area contributed by atoms with Crippen molar-refractivity contribution in [3.63, 3.8) is 0 Å². The van der Waals surface area contributed by atoms with E-state index in [1.807, 2.05) is 54.8 Å². The van der Waals surface area contributed by atoms with Gasteiger partial charge in [0.05, 0.1) is 0 Å². The van der Waals surface area contributed by atoms with Crippen LogP contribution in [-0.4, -0.2) is 29.1 Å². The van der Waals surface area contributed by atoms with Crippen LogP contribution in [0.5, 0.6) is 5.75 Å². The molecule has 0 amide bonds. The van der Waals surface area contributed by atoms with E-state index in [9.17, 15) is 9.90 Å². The van der Waals surface area contributed by atoms with Crippen molar-refractivity contribution >= 4 is 29.3 Å². The molecule has 0 bridgehead atoms. The molecule has 0 spiro atoms. The summed E-state index contributed by atoms with van der Waals surface area (Å²) in [5, 5.41) is 13.0. The monoisotopic (exact) mass is 379 g/mol. The summed E-state index contributed by atoms with van der Waals surface area (Å²) in [6.45, 7) is 0.966. The minimum absolute atomic E-state index is 0.452. The highest BCUT2D eigenvalue weighted by Gasteiger charge is 2.15. The second-order valence-corrected chi connectivity index (χ2v) is 7.04. The lowest BCUT2D eigenvalue weighted by Gasteiger charge is -2.14. The highest BCUT2D eigenvalue weighted by Crippen LogP contribution is 2.16. The highest BCUT2D eigenvalue weighted by molar-refractivity contribution is 7.98. The zero-order valence-corrected chi connectivity index (χ0v) is 15.6. The van der Waals surface area contributed by atoms with E-state index in [-0.39, 0.29) is 0 Å². The van der Waals surface area contributed by atoms with Gasteiger partial charge in [-0.25, -0.2) is 0 Å². The molecule has 1 unspecified atom stereocenters. The average Bonchev–Trinajstić information content (AvgIpc) is 2.61. The number of benzene rings is 2. The Bertz CT molecular complexity index is 679. The van der Waals surface area contributed by atoms with Crippen LogP contribution in [0.1, 0.15) is 17.5 Å². The van der Waals surface area contributed by atoms with Gasteiger partial charge >= 0.3 is 5.97 Å². The average molecular weight is 380 g/mol. The van der Waals surface area contributed by atoms with Gasteiger partial charge in [-0.3, -0.25) is 4.79 Å². The van der Waals surface area contributed by atoms with E-state index < -0.39 is 12.0 Å². The van der Waals surface area contributed by atoms with Crippen LogP contribution in [0.15, 0.2) is 48.5 Å².